The predicted molar refractivity (Wildman–Crippen MR) is 133 cm³/mol. The van der Waals surface area contributed by atoms with Gasteiger partial charge in [0.1, 0.15) is 11.7 Å². The van der Waals surface area contributed by atoms with Gasteiger partial charge in [-0.15, -0.1) is 0 Å². The smallest absolute Gasteiger partial charge is 0.257 e. The summed E-state index contributed by atoms with van der Waals surface area (Å²) in [5.74, 6) is -1.51. The van der Waals surface area contributed by atoms with Gasteiger partial charge in [-0.05, 0) is 50.6 Å². The number of nitrogens with one attached hydrogen (secondary N) is 2. The zero-order chi connectivity index (χ0) is 25.0. The summed E-state index contributed by atoms with van der Waals surface area (Å²) in [6, 6.07) is 2.01. The summed E-state index contributed by atoms with van der Waals surface area (Å²) < 4.78 is 31.5. The van der Waals surface area contributed by atoms with Gasteiger partial charge < -0.3 is 20.5 Å². The number of hydrogen-bond acceptors (Lipinski definition) is 7. The van der Waals surface area contributed by atoms with Crippen molar-refractivity contribution >= 4 is 23.8 Å². The number of amidine groups is 2. The minimum absolute atomic E-state index is 0.364. The highest BCUT2D eigenvalue weighted by atomic mass is 19.3. The Morgan fingerprint density at radius 2 is 2.14 bits per heavy atom. The number of hydrogen-bond donors (Lipinski definition) is 3. The highest BCUT2D eigenvalue weighted by Crippen LogP contribution is 2.56. The van der Waals surface area contributed by atoms with Gasteiger partial charge in [-0.1, -0.05) is 6.42 Å². The van der Waals surface area contributed by atoms with Crippen LogP contribution in [-0.2, 0) is 0 Å². The van der Waals surface area contributed by atoms with Gasteiger partial charge in [-0.25, -0.2) is 18.7 Å². The van der Waals surface area contributed by atoms with Gasteiger partial charge in [-0.3, -0.25) is 10.4 Å². The Morgan fingerprint density at radius 3 is 2.77 bits per heavy atom. The Kier molecular flexibility index (Phi) is 5.37. The van der Waals surface area contributed by atoms with E-state index < -0.39 is 11.3 Å². The molecule has 0 amide bonds. The lowest BCUT2D eigenvalue weighted by Crippen LogP contribution is -2.55. The average Bonchev–Trinajstić information content (AvgIpc) is 3.38. The molecule has 1 unspecified atom stereocenters. The van der Waals surface area contributed by atoms with Crippen LogP contribution in [0.3, 0.4) is 0 Å². The molecule has 1 fully saturated rings. The quantitative estimate of drug-likeness (QED) is 0.439. The molecule has 2 aromatic heterocycles. The molecule has 0 aromatic carbocycles. The Bertz CT molecular complexity index is 1280. The van der Waals surface area contributed by atoms with Crippen molar-refractivity contribution in [2.75, 3.05) is 12.4 Å². The zero-order valence-electron chi connectivity index (χ0n) is 20.2. The van der Waals surface area contributed by atoms with Gasteiger partial charge in [0.05, 0.1) is 16.8 Å². The molecular formula is C24H29F2N9. The molecule has 0 bridgehead atoms. The largest absolute Gasteiger partial charge is 0.404 e. The Hall–Kier alpha value is -3.76. The highest BCUT2D eigenvalue weighted by molar-refractivity contribution is 6.02. The van der Waals surface area contributed by atoms with Crippen molar-refractivity contribution in [3.8, 4) is 11.3 Å². The second-order valence-electron chi connectivity index (χ2n) is 9.31. The molecule has 9 nitrogen and oxygen atoms in total. The van der Waals surface area contributed by atoms with Crippen molar-refractivity contribution < 1.29 is 8.78 Å². The third-order valence-corrected chi connectivity index (χ3v) is 7.10. The van der Waals surface area contributed by atoms with Crippen LogP contribution in [0.15, 0.2) is 46.5 Å². The maximum atomic E-state index is 14.7. The van der Waals surface area contributed by atoms with Gasteiger partial charge in [0.25, 0.3) is 5.92 Å². The molecule has 5 rings (SSSR count). The molecule has 2 aliphatic heterocycles. The number of nitrogens with zero attached hydrogens (tertiary/aromatic N) is 6. The van der Waals surface area contributed by atoms with Crippen LogP contribution in [0.2, 0.25) is 0 Å². The van der Waals surface area contributed by atoms with E-state index in [4.69, 9.17) is 10.7 Å². The zero-order valence-corrected chi connectivity index (χ0v) is 20.2. The number of nitrogens with two attached hydrogens (primary N) is 1. The molecule has 0 saturated heterocycles. The molecule has 4 N–H and O–H groups in total. The second kappa shape index (κ2) is 8.17. The summed E-state index contributed by atoms with van der Waals surface area (Å²) in [6.07, 6.45) is 9.96. The van der Waals surface area contributed by atoms with Crippen LogP contribution in [0.4, 0.5) is 14.7 Å². The number of aromatic nitrogens is 3. The van der Waals surface area contributed by atoms with Gasteiger partial charge in [0.2, 0.25) is 5.95 Å². The normalized spacial score (nSPS) is 21.1. The number of aryl methyl sites for hydroxylation is 1. The number of fused-ring (bicyclic) bond motifs is 3. The molecule has 1 aliphatic carbocycles. The number of hydrazone groups is 1. The fourth-order valence-electron chi connectivity index (χ4n) is 5.04. The SMILES string of the molecule is CN=C(C=CN)Nc1ncc(C)c(-c2cc3n(c2)C=C(C)N2C(C4(C(C)(F)F)CCC4)=NNC32)n1. The van der Waals surface area contributed by atoms with Crippen molar-refractivity contribution in [1.29, 1.82) is 0 Å². The molecule has 1 atom stereocenters. The summed E-state index contributed by atoms with van der Waals surface area (Å²) >= 11 is 0. The third kappa shape index (κ3) is 3.57. The number of alkyl halides is 2. The molecule has 35 heavy (non-hydrogen) atoms. The van der Waals surface area contributed by atoms with Crippen molar-refractivity contribution in [1.82, 2.24) is 24.9 Å². The van der Waals surface area contributed by atoms with Gasteiger partial charge >= 0.3 is 0 Å². The third-order valence-electron chi connectivity index (χ3n) is 7.10. The standard InChI is InChI=1S/C24H29F2N9/c1-14-11-29-22(30-18(28-4)6-9-27)31-19(14)16-10-17-20-32-33-21(24(7-5-8-24)23(3,25)26)35(20)15(2)12-34(17)13-16/h6,9-13,20,32H,5,7-8,27H2,1-4H3,(H,28,29,30,31). The van der Waals surface area contributed by atoms with Gasteiger partial charge in [0.15, 0.2) is 6.17 Å². The lowest BCUT2D eigenvalue weighted by Gasteiger charge is -2.48. The molecular weight excluding hydrogens is 452 g/mol. The van der Waals surface area contributed by atoms with Crippen molar-refractivity contribution in [2.24, 2.45) is 21.2 Å². The van der Waals surface area contributed by atoms with Crippen LogP contribution in [0, 0.1) is 12.3 Å². The van der Waals surface area contributed by atoms with E-state index in [1.165, 1.54) is 6.20 Å². The van der Waals surface area contributed by atoms with E-state index in [1.54, 1.807) is 19.3 Å². The first-order valence-electron chi connectivity index (χ1n) is 11.6. The molecule has 11 heteroatoms. The number of anilines is 1. The van der Waals surface area contributed by atoms with Crippen molar-refractivity contribution in [2.45, 2.75) is 52.1 Å². The minimum atomic E-state index is -2.85. The van der Waals surface area contributed by atoms with Crippen LogP contribution < -0.4 is 16.5 Å². The fourth-order valence-corrected chi connectivity index (χ4v) is 5.04. The van der Waals surface area contributed by atoms with E-state index in [2.05, 4.69) is 25.8 Å². The van der Waals surface area contributed by atoms with E-state index in [0.29, 0.717) is 30.5 Å². The number of allylic oxidation sites excluding steroid dienone is 1. The molecule has 0 spiro atoms. The molecule has 3 aliphatic rings. The van der Waals surface area contributed by atoms with Gasteiger partial charge in [-0.2, -0.15) is 5.10 Å². The molecule has 4 heterocycles. The highest BCUT2D eigenvalue weighted by Gasteiger charge is 2.61. The predicted octanol–water partition coefficient (Wildman–Crippen LogP) is 4.04. The van der Waals surface area contributed by atoms with E-state index in [-0.39, 0.29) is 6.17 Å². The summed E-state index contributed by atoms with van der Waals surface area (Å²) in [5, 5.41) is 7.51. The average molecular weight is 482 g/mol. The minimum Gasteiger partial charge on any atom is -0.404 e. The molecule has 184 valence electrons. The first-order valence-corrected chi connectivity index (χ1v) is 11.6. The fraction of sp³-hybridized carbons (Fsp3) is 0.417. The van der Waals surface area contributed by atoms with E-state index in [9.17, 15) is 8.78 Å². The van der Waals surface area contributed by atoms with Crippen LogP contribution in [0.5, 0.6) is 0 Å². The summed E-state index contributed by atoms with van der Waals surface area (Å²) in [4.78, 5) is 15.1. The Balaban J connectivity index is 1.48. The first kappa shape index (κ1) is 23.0. The lowest BCUT2D eigenvalue weighted by atomic mass is 9.63. The maximum Gasteiger partial charge on any atom is 0.257 e. The topological polar surface area (TPSA) is 109 Å². The van der Waals surface area contributed by atoms with Crippen LogP contribution in [-0.4, -0.2) is 44.1 Å². The second-order valence-corrected chi connectivity index (χ2v) is 9.31. The van der Waals surface area contributed by atoms with Crippen molar-refractivity contribution in [3.05, 3.63) is 47.7 Å². The van der Waals surface area contributed by atoms with Crippen LogP contribution >= 0.6 is 0 Å². The molecule has 2 aromatic rings. The van der Waals surface area contributed by atoms with E-state index >= 15 is 0 Å². The summed E-state index contributed by atoms with van der Waals surface area (Å²) in [6.45, 7) is 4.87. The Labute approximate surface area is 202 Å². The summed E-state index contributed by atoms with van der Waals surface area (Å²) in [5.41, 5.74) is 11.6. The van der Waals surface area contributed by atoms with E-state index in [1.807, 2.05) is 41.8 Å². The first-order chi connectivity index (χ1) is 16.7. The Morgan fingerprint density at radius 1 is 1.37 bits per heavy atom. The molecule has 1 saturated carbocycles. The van der Waals surface area contributed by atoms with Gasteiger partial charge in [0, 0.05) is 43.8 Å². The van der Waals surface area contributed by atoms with Crippen LogP contribution in [0.1, 0.15) is 50.5 Å². The van der Waals surface area contributed by atoms with Crippen LogP contribution in [0.25, 0.3) is 17.5 Å². The lowest BCUT2D eigenvalue weighted by molar-refractivity contribution is -0.110. The maximum absolute atomic E-state index is 14.7. The molecule has 0 radical (unpaired) electrons. The number of rotatable bonds is 5. The van der Waals surface area contributed by atoms with Crippen molar-refractivity contribution in [3.63, 3.8) is 0 Å². The number of aliphatic imine (C=N–C) groups is 1. The number of halogens is 2. The monoisotopic (exact) mass is 481 g/mol. The van der Waals surface area contributed by atoms with E-state index in [0.717, 1.165) is 41.6 Å². The summed E-state index contributed by atoms with van der Waals surface area (Å²) in [7, 11) is 1.65.